The molecule has 2 aliphatic carbocycles. The van der Waals surface area contributed by atoms with Crippen molar-refractivity contribution in [1.29, 1.82) is 0 Å². The first-order valence-corrected chi connectivity index (χ1v) is 10.6. The maximum atomic E-state index is 13.4. The van der Waals surface area contributed by atoms with Crippen LogP contribution < -0.4 is 5.56 Å². The predicted molar refractivity (Wildman–Crippen MR) is 105 cm³/mol. The fourth-order valence-electron chi connectivity index (χ4n) is 5.10. The maximum Gasteiger partial charge on any atom is 0.261 e. The van der Waals surface area contributed by atoms with Crippen molar-refractivity contribution in [2.75, 3.05) is 6.54 Å². The van der Waals surface area contributed by atoms with E-state index in [9.17, 15) is 9.59 Å². The van der Waals surface area contributed by atoms with Gasteiger partial charge in [-0.05, 0) is 50.7 Å². The molecule has 1 aromatic heterocycles. The third-order valence-corrected chi connectivity index (χ3v) is 6.81. The molecule has 1 atom stereocenters. The van der Waals surface area contributed by atoms with Crippen molar-refractivity contribution in [3.05, 3.63) is 40.4 Å². The quantitative estimate of drug-likeness (QED) is 0.827. The highest BCUT2D eigenvalue weighted by Crippen LogP contribution is 2.39. The molecule has 1 aromatic carbocycles. The molecule has 2 aromatic rings. The van der Waals surface area contributed by atoms with Gasteiger partial charge in [0, 0.05) is 18.5 Å². The lowest BCUT2D eigenvalue weighted by molar-refractivity contribution is -0.139. The third-order valence-electron chi connectivity index (χ3n) is 6.81. The molecule has 142 valence electrons. The fraction of sp³-hybridized carbons (Fsp3) is 0.591. The second-order valence-electron chi connectivity index (χ2n) is 8.42. The Kier molecular flexibility index (Phi) is 4.25. The van der Waals surface area contributed by atoms with Gasteiger partial charge in [-0.15, -0.1) is 0 Å². The molecule has 0 bridgehead atoms. The molecule has 5 nitrogen and oxygen atoms in total. The Bertz CT molecular complexity index is 925. The summed E-state index contributed by atoms with van der Waals surface area (Å²) in [6, 6.07) is 7.83. The molecular weight excluding hydrogens is 338 g/mol. The summed E-state index contributed by atoms with van der Waals surface area (Å²) in [6.45, 7) is 0.799. The van der Waals surface area contributed by atoms with E-state index in [0.717, 1.165) is 62.8 Å². The van der Waals surface area contributed by atoms with Crippen LogP contribution in [0.3, 0.4) is 0 Å². The number of hydrogen-bond acceptors (Lipinski definition) is 3. The number of likely N-dealkylation sites (tertiary alicyclic amines) is 1. The van der Waals surface area contributed by atoms with Crippen LogP contribution in [0.15, 0.2) is 29.1 Å². The van der Waals surface area contributed by atoms with E-state index in [1.54, 1.807) is 0 Å². The van der Waals surface area contributed by atoms with Crippen molar-refractivity contribution >= 4 is 16.8 Å². The van der Waals surface area contributed by atoms with Gasteiger partial charge in [-0.1, -0.05) is 31.4 Å². The Hall–Kier alpha value is -2.17. The number of aromatic nitrogens is 2. The number of rotatable bonds is 3. The minimum atomic E-state index is -0.0454. The predicted octanol–water partition coefficient (Wildman–Crippen LogP) is 3.98. The molecule has 0 radical (unpaired) electrons. The molecule has 3 aliphatic rings. The van der Waals surface area contributed by atoms with E-state index in [-0.39, 0.29) is 29.5 Å². The van der Waals surface area contributed by atoms with Gasteiger partial charge in [-0.25, -0.2) is 4.98 Å². The molecule has 2 saturated carbocycles. The summed E-state index contributed by atoms with van der Waals surface area (Å²) in [5.74, 6) is 1.30. The Morgan fingerprint density at radius 1 is 0.963 bits per heavy atom. The van der Waals surface area contributed by atoms with E-state index >= 15 is 0 Å². The molecule has 27 heavy (non-hydrogen) atoms. The van der Waals surface area contributed by atoms with Gasteiger partial charge < -0.3 is 4.90 Å². The Balaban J connectivity index is 1.63. The summed E-state index contributed by atoms with van der Waals surface area (Å²) >= 11 is 0. The highest BCUT2D eigenvalue weighted by molar-refractivity contribution is 5.81. The second-order valence-corrected chi connectivity index (χ2v) is 8.42. The van der Waals surface area contributed by atoms with Crippen molar-refractivity contribution < 1.29 is 4.79 Å². The zero-order valence-electron chi connectivity index (χ0n) is 15.8. The highest BCUT2D eigenvalue weighted by atomic mass is 16.2. The first-order valence-electron chi connectivity index (χ1n) is 10.6. The van der Waals surface area contributed by atoms with Gasteiger partial charge in [0.2, 0.25) is 5.91 Å². The molecular formula is C22H27N3O2. The highest BCUT2D eigenvalue weighted by Gasteiger charge is 2.39. The number of para-hydroxylation sites is 1. The number of nitrogens with zero attached hydrogens (tertiary/aromatic N) is 3. The first kappa shape index (κ1) is 17.0. The zero-order valence-corrected chi connectivity index (χ0v) is 15.8. The summed E-state index contributed by atoms with van der Waals surface area (Å²) in [5.41, 5.74) is 0.833. The average molecular weight is 365 g/mol. The number of fused-ring (bicyclic) bond motifs is 1. The number of hydrogen-bond donors (Lipinski definition) is 0. The van der Waals surface area contributed by atoms with Gasteiger partial charge in [-0.2, -0.15) is 0 Å². The van der Waals surface area contributed by atoms with Crippen molar-refractivity contribution in [3.63, 3.8) is 0 Å². The summed E-state index contributed by atoms with van der Waals surface area (Å²) in [4.78, 5) is 33.4. The van der Waals surface area contributed by atoms with Crippen molar-refractivity contribution in [3.8, 4) is 0 Å². The molecule has 1 unspecified atom stereocenters. The van der Waals surface area contributed by atoms with Crippen LogP contribution in [-0.2, 0) is 4.79 Å². The van der Waals surface area contributed by atoms with Gasteiger partial charge >= 0.3 is 0 Å². The normalized spacial score (nSPS) is 23.9. The van der Waals surface area contributed by atoms with E-state index in [4.69, 9.17) is 4.98 Å². The average Bonchev–Trinajstić information content (AvgIpc) is 3.32. The van der Waals surface area contributed by atoms with E-state index in [2.05, 4.69) is 0 Å². The topological polar surface area (TPSA) is 55.2 Å². The SMILES string of the molecule is O=C(C1CCC1)N1CCCC1c1nc2ccccc2c(=O)n1C1CCCC1. The zero-order chi connectivity index (χ0) is 18.4. The number of carbonyl (C=O) groups excluding carboxylic acids is 1. The molecule has 5 heteroatoms. The first-order chi connectivity index (χ1) is 13.2. The summed E-state index contributed by atoms with van der Waals surface area (Å²) in [6.07, 6.45) is 9.51. The van der Waals surface area contributed by atoms with Crippen molar-refractivity contribution in [2.45, 2.75) is 69.9 Å². The van der Waals surface area contributed by atoms with E-state index in [1.165, 1.54) is 12.8 Å². The maximum absolute atomic E-state index is 13.4. The van der Waals surface area contributed by atoms with Gasteiger partial charge in [0.15, 0.2) is 0 Å². The number of carbonyl (C=O) groups is 1. The van der Waals surface area contributed by atoms with Crippen LogP contribution in [0, 0.1) is 5.92 Å². The lowest BCUT2D eigenvalue weighted by Crippen LogP contribution is -2.41. The monoisotopic (exact) mass is 365 g/mol. The van der Waals surface area contributed by atoms with Gasteiger partial charge in [0.05, 0.1) is 16.9 Å². The third kappa shape index (κ3) is 2.79. The fourth-order valence-corrected chi connectivity index (χ4v) is 5.10. The van der Waals surface area contributed by atoms with Crippen LogP contribution in [0.2, 0.25) is 0 Å². The van der Waals surface area contributed by atoms with Crippen LogP contribution in [-0.4, -0.2) is 26.9 Å². The van der Waals surface area contributed by atoms with Gasteiger partial charge in [0.1, 0.15) is 5.82 Å². The number of benzene rings is 1. The lowest BCUT2D eigenvalue weighted by atomic mass is 9.84. The molecule has 0 spiro atoms. The van der Waals surface area contributed by atoms with Gasteiger partial charge in [-0.3, -0.25) is 14.2 Å². The summed E-state index contributed by atoms with van der Waals surface area (Å²) < 4.78 is 1.96. The van der Waals surface area contributed by atoms with Crippen LogP contribution in [0.5, 0.6) is 0 Å². The number of amides is 1. The minimum absolute atomic E-state index is 0.0454. The van der Waals surface area contributed by atoms with Crippen LogP contribution in [0.1, 0.15) is 75.7 Å². The smallest absolute Gasteiger partial charge is 0.261 e. The molecule has 1 saturated heterocycles. The largest absolute Gasteiger partial charge is 0.332 e. The molecule has 1 amide bonds. The van der Waals surface area contributed by atoms with Gasteiger partial charge in [0.25, 0.3) is 5.56 Å². The Labute approximate surface area is 159 Å². The molecule has 1 aliphatic heterocycles. The van der Waals surface area contributed by atoms with E-state index in [0.29, 0.717) is 5.39 Å². The molecule has 2 heterocycles. The molecule has 0 N–H and O–H groups in total. The Morgan fingerprint density at radius 2 is 1.74 bits per heavy atom. The molecule has 3 fully saturated rings. The Morgan fingerprint density at radius 3 is 2.48 bits per heavy atom. The van der Waals surface area contributed by atoms with E-state index in [1.807, 2.05) is 33.7 Å². The van der Waals surface area contributed by atoms with Crippen LogP contribution in [0.4, 0.5) is 0 Å². The lowest BCUT2D eigenvalue weighted by Gasteiger charge is -2.34. The summed E-state index contributed by atoms with van der Waals surface area (Å²) in [5, 5.41) is 0.697. The van der Waals surface area contributed by atoms with Crippen molar-refractivity contribution in [1.82, 2.24) is 14.5 Å². The summed E-state index contributed by atoms with van der Waals surface area (Å²) in [7, 11) is 0. The second kappa shape index (κ2) is 6.77. The van der Waals surface area contributed by atoms with Crippen molar-refractivity contribution in [2.24, 2.45) is 5.92 Å². The molecule has 5 rings (SSSR count). The van der Waals surface area contributed by atoms with Crippen LogP contribution >= 0.6 is 0 Å². The van der Waals surface area contributed by atoms with E-state index < -0.39 is 0 Å². The minimum Gasteiger partial charge on any atom is -0.332 e. The standard InChI is InChI=1S/C22H27N3O2/c26-21(15-7-5-8-15)24-14-6-13-19(24)20-23-18-12-4-3-11-17(18)22(27)25(20)16-9-1-2-10-16/h3-4,11-12,15-16,19H,1-2,5-10,13-14H2. The van der Waals surface area contributed by atoms with Crippen LogP contribution in [0.25, 0.3) is 10.9 Å².